The Morgan fingerprint density at radius 3 is 2.47 bits per heavy atom. The summed E-state index contributed by atoms with van der Waals surface area (Å²) in [4.78, 5) is 0. The second kappa shape index (κ2) is 6.00. The van der Waals surface area contributed by atoms with Crippen LogP contribution in [0.5, 0.6) is 0 Å². The number of hydrogen-bond donors (Lipinski definition) is 1. The average Bonchev–Trinajstić information content (AvgIpc) is 2.38. The Balaban J connectivity index is 2.33. The fourth-order valence-corrected chi connectivity index (χ4v) is 3.32. The van der Waals surface area contributed by atoms with Gasteiger partial charge >= 0.3 is 0 Å². The van der Waals surface area contributed by atoms with Crippen LogP contribution in [0.4, 0.5) is 8.78 Å². The topological polar surface area (TPSA) is 12.0 Å². The van der Waals surface area contributed by atoms with E-state index < -0.39 is 11.6 Å². The predicted molar refractivity (Wildman–Crippen MR) is 74.0 cm³/mol. The van der Waals surface area contributed by atoms with E-state index in [4.69, 9.17) is 0 Å². The second-order valence-corrected chi connectivity index (χ2v) is 5.87. The van der Waals surface area contributed by atoms with Crippen LogP contribution in [0.3, 0.4) is 0 Å². The van der Waals surface area contributed by atoms with E-state index in [2.05, 4.69) is 12.2 Å². The van der Waals surface area contributed by atoms with Gasteiger partial charge in [-0.05, 0) is 30.9 Å². The fourth-order valence-electron chi connectivity index (χ4n) is 3.32. The van der Waals surface area contributed by atoms with Gasteiger partial charge in [0.2, 0.25) is 0 Å². The molecule has 0 saturated heterocycles. The highest BCUT2D eigenvalue weighted by Crippen LogP contribution is 2.46. The summed E-state index contributed by atoms with van der Waals surface area (Å²) in [6, 6.07) is 3.91. The summed E-state index contributed by atoms with van der Waals surface area (Å²) < 4.78 is 27.1. The van der Waals surface area contributed by atoms with Crippen LogP contribution < -0.4 is 5.32 Å². The highest BCUT2D eigenvalue weighted by molar-refractivity contribution is 5.24. The van der Waals surface area contributed by atoms with Crippen molar-refractivity contribution in [1.82, 2.24) is 5.32 Å². The third-order valence-electron chi connectivity index (χ3n) is 4.37. The molecule has 1 saturated carbocycles. The van der Waals surface area contributed by atoms with Gasteiger partial charge in [0.1, 0.15) is 11.6 Å². The van der Waals surface area contributed by atoms with Crippen molar-refractivity contribution >= 4 is 0 Å². The zero-order chi connectivity index (χ0) is 13.9. The second-order valence-electron chi connectivity index (χ2n) is 5.87. The number of nitrogens with one attached hydrogen (secondary N) is 1. The maximum absolute atomic E-state index is 14.1. The van der Waals surface area contributed by atoms with E-state index in [0.717, 1.165) is 25.5 Å². The van der Waals surface area contributed by atoms with Crippen molar-refractivity contribution < 1.29 is 8.78 Å². The zero-order valence-electron chi connectivity index (χ0n) is 11.8. The molecule has 1 N–H and O–H groups in total. The van der Waals surface area contributed by atoms with Crippen molar-refractivity contribution in [3.63, 3.8) is 0 Å². The first-order chi connectivity index (χ1) is 9.07. The van der Waals surface area contributed by atoms with Gasteiger partial charge in [-0.2, -0.15) is 0 Å². The van der Waals surface area contributed by atoms with Crippen molar-refractivity contribution in [3.8, 4) is 0 Å². The van der Waals surface area contributed by atoms with Gasteiger partial charge in [0, 0.05) is 17.7 Å². The van der Waals surface area contributed by atoms with E-state index in [1.165, 1.54) is 25.3 Å². The van der Waals surface area contributed by atoms with Crippen molar-refractivity contribution in [3.05, 3.63) is 35.4 Å². The number of halogens is 2. The first-order valence-electron chi connectivity index (χ1n) is 7.25. The third-order valence-corrected chi connectivity index (χ3v) is 4.37. The summed E-state index contributed by atoms with van der Waals surface area (Å²) in [6.07, 6.45) is 5.85. The van der Waals surface area contributed by atoms with Gasteiger partial charge in [0.15, 0.2) is 0 Å². The lowest BCUT2D eigenvalue weighted by Gasteiger charge is -2.41. The van der Waals surface area contributed by atoms with Crippen molar-refractivity contribution in [1.29, 1.82) is 0 Å². The van der Waals surface area contributed by atoms with E-state index in [0.29, 0.717) is 5.56 Å². The molecule has 1 aromatic rings. The van der Waals surface area contributed by atoms with E-state index in [9.17, 15) is 8.78 Å². The van der Waals surface area contributed by atoms with Gasteiger partial charge in [-0.3, -0.25) is 0 Å². The summed E-state index contributed by atoms with van der Waals surface area (Å²) in [7, 11) is 0. The molecule has 0 amide bonds. The molecule has 0 radical (unpaired) electrons. The van der Waals surface area contributed by atoms with Crippen LogP contribution in [0.2, 0.25) is 0 Å². The fraction of sp³-hybridized carbons (Fsp3) is 0.625. The first kappa shape index (κ1) is 14.4. The highest BCUT2D eigenvalue weighted by Gasteiger charge is 2.37. The summed E-state index contributed by atoms with van der Waals surface area (Å²) in [5.41, 5.74) is 0.667. The van der Waals surface area contributed by atoms with Crippen LogP contribution in [-0.4, -0.2) is 6.54 Å². The molecule has 0 heterocycles. The first-order valence-corrected chi connectivity index (χ1v) is 7.25. The summed E-state index contributed by atoms with van der Waals surface area (Å²) in [5.74, 6) is -0.942. The minimum Gasteiger partial charge on any atom is -0.310 e. The van der Waals surface area contributed by atoms with Crippen molar-refractivity contribution in [2.24, 2.45) is 5.41 Å². The number of benzene rings is 1. The molecule has 1 fully saturated rings. The Kier molecular flexibility index (Phi) is 4.56. The predicted octanol–water partition coefficient (Wildman–Crippen LogP) is 4.59. The average molecular weight is 267 g/mol. The van der Waals surface area contributed by atoms with E-state index in [1.807, 2.05) is 6.92 Å². The Bertz CT molecular complexity index is 425. The molecular formula is C16H23F2N. The minimum absolute atomic E-state index is 0.0293. The summed E-state index contributed by atoms with van der Waals surface area (Å²) in [6.45, 7) is 5.04. The van der Waals surface area contributed by atoms with Crippen LogP contribution in [0.1, 0.15) is 57.6 Å². The van der Waals surface area contributed by atoms with E-state index >= 15 is 0 Å². The molecule has 3 heteroatoms. The molecular weight excluding hydrogens is 244 g/mol. The maximum atomic E-state index is 14.1. The van der Waals surface area contributed by atoms with Gasteiger partial charge in [-0.25, -0.2) is 8.78 Å². The molecule has 0 aliphatic heterocycles. The Hall–Kier alpha value is -0.960. The number of rotatable bonds is 4. The normalized spacial score (nSPS) is 20.2. The lowest BCUT2D eigenvalue weighted by molar-refractivity contribution is 0.143. The Morgan fingerprint density at radius 2 is 1.89 bits per heavy atom. The van der Waals surface area contributed by atoms with Gasteiger partial charge in [0.25, 0.3) is 0 Å². The molecule has 19 heavy (non-hydrogen) atoms. The smallest absolute Gasteiger partial charge is 0.130 e. The lowest BCUT2D eigenvalue weighted by Crippen LogP contribution is -2.38. The van der Waals surface area contributed by atoms with E-state index in [-0.39, 0.29) is 11.5 Å². The zero-order valence-corrected chi connectivity index (χ0v) is 11.8. The molecule has 0 aromatic heterocycles. The molecule has 1 aromatic carbocycles. The number of hydrogen-bond acceptors (Lipinski definition) is 1. The summed E-state index contributed by atoms with van der Waals surface area (Å²) in [5, 5.41) is 3.41. The van der Waals surface area contributed by atoms with Crippen LogP contribution in [-0.2, 0) is 0 Å². The molecule has 2 rings (SSSR count). The standard InChI is InChI=1S/C16H23F2N/c1-3-19-15(16(2)9-5-4-6-10-16)13-8-7-12(17)11-14(13)18/h7-8,11,15,19H,3-6,9-10H2,1-2H3. The lowest BCUT2D eigenvalue weighted by atomic mass is 9.68. The largest absolute Gasteiger partial charge is 0.310 e. The van der Waals surface area contributed by atoms with Crippen LogP contribution >= 0.6 is 0 Å². The van der Waals surface area contributed by atoms with Gasteiger partial charge in [-0.1, -0.05) is 39.2 Å². The SMILES string of the molecule is CCNC(c1ccc(F)cc1F)C1(C)CCCCC1. The van der Waals surface area contributed by atoms with Gasteiger partial charge in [0.05, 0.1) is 0 Å². The van der Waals surface area contributed by atoms with Gasteiger partial charge in [-0.15, -0.1) is 0 Å². The molecule has 1 unspecified atom stereocenters. The molecule has 1 atom stereocenters. The van der Waals surface area contributed by atoms with Gasteiger partial charge < -0.3 is 5.32 Å². The Labute approximate surface area is 114 Å². The maximum Gasteiger partial charge on any atom is 0.130 e. The monoisotopic (exact) mass is 267 g/mol. The van der Waals surface area contributed by atoms with Crippen LogP contribution in [0.25, 0.3) is 0 Å². The van der Waals surface area contributed by atoms with Crippen molar-refractivity contribution in [2.45, 2.75) is 52.0 Å². The molecule has 0 bridgehead atoms. The third kappa shape index (κ3) is 3.14. The van der Waals surface area contributed by atoms with Crippen molar-refractivity contribution in [2.75, 3.05) is 6.54 Å². The minimum atomic E-state index is -0.509. The highest BCUT2D eigenvalue weighted by atomic mass is 19.1. The Morgan fingerprint density at radius 1 is 1.21 bits per heavy atom. The quantitative estimate of drug-likeness (QED) is 0.841. The molecule has 106 valence electrons. The van der Waals surface area contributed by atoms with Crippen LogP contribution in [0, 0.1) is 17.0 Å². The summed E-state index contributed by atoms with van der Waals surface area (Å²) >= 11 is 0. The molecule has 1 aliphatic carbocycles. The van der Waals surface area contributed by atoms with Crippen LogP contribution in [0.15, 0.2) is 18.2 Å². The van der Waals surface area contributed by atoms with E-state index in [1.54, 1.807) is 6.07 Å². The molecule has 0 spiro atoms. The molecule has 1 nitrogen and oxygen atoms in total. The molecule has 1 aliphatic rings.